The van der Waals surface area contributed by atoms with E-state index in [1.807, 2.05) is 18.2 Å². The quantitative estimate of drug-likeness (QED) is 0.752. The zero-order chi connectivity index (χ0) is 21.8. The van der Waals surface area contributed by atoms with Gasteiger partial charge in [0.15, 0.2) is 0 Å². The van der Waals surface area contributed by atoms with E-state index in [1.165, 1.54) is 12.1 Å². The number of likely N-dealkylation sites (tertiary alicyclic amines) is 1. The van der Waals surface area contributed by atoms with E-state index in [-0.39, 0.29) is 23.7 Å². The summed E-state index contributed by atoms with van der Waals surface area (Å²) in [7, 11) is 0. The molecular formula is C26H32FNO3. The molecule has 1 aliphatic heterocycles. The molecule has 0 radical (unpaired) electrons. The summed E-state index contributed by atoms with van der Waals surface area (Å²) >= 11 is 0. The van der Waals surface area contributed by atoms with Crippen LogP contribution in [0.15, 0.2) is 54.6 Å². The number of benzene rings is 2. The molecule has 2 aromatic carbocycles. The minimum Gasteiger partial charge on any atom is -0.391 e. The molecule has 2 aliphatic rings. The second-order valence-corrected chi connectivity index (χ2v) is 9.05. The summed E-state index contributed by atoms with van der Waals surface area (Å²) in [6.45, 7) is 3.78. The van der Waals surface area contributed by atoms with Crippen molar-refractivity contribution >= 4 is 5.78 Å². The minimum atomic E-state index is -0.437. The molecule has 3 atom stereocenters. The van der Waals surface area contributed by atoms with Gasteiger partial charge in [-0.05, 0) is 69.0 Å². The summed E-state index contributed by atoms with van der Waals surface area (Å²) < 4.78 is 19.0. The van der Waals surface area contributed by atoms with Gasteiger partial charge >= 0.3 is 0 Å². The second kappa shape index (κ2) is 9.60. The second-order valence-electron chi connectivity index (χ2n) is 9.05. The van der Waals surface area contributed by atoms with Gasteiger partial charge in [0.05, 0.1) is 24.2 Å². The fourth-order valence-electron chi connectivity index (χ4n) is 5.30. The topological polar surface area (TPSA) is 49.8 Å². The molecule has 0 aromatic heterocycles. The van der Waals surface area contributed by atoms with Gasteiger partial charge in [-0.2, -0.15) is 0 Å². The molecule has 0 bridgehead atoms. The molecule has 2 fully saturated rings. The number of hydrogen-bond acceptors (Lipinski definition) is 4. The van der Waals surface area contributed by atoms with Crippen molar-refractivity contribution in [1.82, 2.24) is 4.90 Å². The van der Waals surface area contributed by atoms with Crippen molar-refractivity contribution in [2.45, 2.75) is 69.3 Å². The van der Waals surface area contributed by atoms with Crippen LogP contribution >= 0.6 is 0 Å². The SMILES string of the molecule is CC(=O)C1(c2ccccc2)CCN([C@@H]2CC[C@H](OCc3ccc(F)cc3)C[C@H]2O)CC1. The van der Waals surface area contributed by atoms with Gasteiger partial charge in [-0.1, -0.05) is 42.5 Å². The van der Waals surface area contributed by atoms with E-state index in [4.69, 9.17) is 4.74 Å². The molecule has 1 saturated carbocycles. The average molecular weight is 426 g/mol. The Kier molecular flexibility index (Phi) is 6.85. The first-order chi connectivity index (χ1) is 15.0. The number of carbonyl (C=O) groups is 1. The van der Waals surface area contributed by atoms with Crippen LogP contribution in [0, 0.1) is 5.82 Å². The fourth-order valence-corrected chi connectivity index (χ4v) is 5.30. The number of Topliss-reactive ketones (excluding diaryl/α,β-unsaturated/α-hetero) is 1. The van der Waals surface area contributed by atoms with Crippen molar-refractivity contribution in [3.8, 4) is 0 Å². The van der Waals surface area contributed by atoms with Crippen molar-refractivity contribution < 1.29 is 19.0 Å². The molecule has 0 unspecified atom stereocenters. The number of aliphatic hydroxyl groups is 1. The lowest BCUT2D eigenvalue weighted by Crippen LogP contribution is -2.54. The van der Waals surface area contributed by atoms with E-state index in [2.05, 4.69) is 17.0 Å². The van der Waals surface area contributed by atoms with Crippen molar-refractivity contribution in [2.24, 2.45) is 0 Å². The summed E-state index contributed by atoms with van der Waals surface area (Å²) in [5.41, 5.74) is 1.65. The highest BCUT2D eigenvalue weighted by Crippen LogP contribution is 2.38. The number of ketones is 1. The molecule has 5 heteroatoms. The maximum atomic E-state index is 13.0. The molecule has 31 heavy (non-hydrogen) atoms. The highest BCUT2D eigenvalue weighted by Gasteiger charge is 2.43. The van der Waals surface area contributed by atoms with Crippen molar-refractivity contribution in [2.75, 3.05) is 13.1 Å². The number of hydrogen-bond donors (Lipinski definition) is 1. The van der Waals surface area contributed by atoms with E-state index in [1.54, 1.807) is 19.1 Å². The maximum absolute atomic E-state index is 13.0. The summed E-state index contributed by atoms with van der Waals surface area (Å²) in [6, 6.07) is 16.6. The molecule has 2 aromatic rings. The zero-order valence-corrected chi connectivity index (χ0v) is 18.2. The Balaban J connectivity index is 1.31. The largest absolute Gasteiger partial charge is 0.391 e. The first-order valence-corrected chi connectivity index (χ1v) is 11.3. The van der Waals surface area contributed by atoms with Crippen molar-refractivity contribution in [3.05, 3.63) is 71.5 Å². The zero-order valence-electron chi connectivity index (χ0n) is 18.2. The standard InChI is InChI=1S/C26H32FNO3/c1-19(29)26(21-5-3-2-4-6-21)13-15-28(16-14-26)24-12-11-23(17-25(24)30)31-18-20-7-9-22(27)10-8-20/h2-10,23-25,30H,11-18H2,1H3/t23-,24+,25+/m0/s1. The van der Waals surface area contributed by atoms with E-state index in [0.717, 1.165) is 49.9 Å². The van der Waals surface area contributed by atoms with E-state index in [9.17, 15) is 14.3 Å². The molecule has 1 heterocycles. The van der Waals surface area contributed by atoms with Gasteiger partial charge < -0.3 is 9.84 Å². The average Bonchev–Trinajstić information content (AvgIpc) is 2.79. The van der Waals surface area contributed by atoms with Gasteiger partial charge in [0.1, 0.15) is 11.6 Å². The fraction of sp³-hybridized carbons (Fsp3) is 0.500. The van der Waals surface area contributed by atoms with Crippen LogP contribution in [0.25, 0.3) is 0 Å². The normalized spacial score (nSPS) is 26.5. The van der Waals surface area contributed by atoms with Gasteiger partial charge in [0.25, 0.3) is 0 Å². The first kappa shape index (κ1) is 22.1. The monoisotopic (exact) mass is 425 g/mol. The van der Waals surface area contributed by atoms with Gasteiger partial charge in [-0.25, -0.2) is 4.39 Å². The third kappa shape index (κ3) is 4.89. The van der Waals surface area contributed by atoms with Gasteiger partial charge in [0, 0.05) is 12.5 Å². The summed E-state index contributed by atoms with van der Waals surface area (Å²) in [4.78, 5) is 15.0. The summed E-state index contributed by atoms with van der Waals surface area (Å²) in [5, 5.41) is 10.8. The summed E-state index contributed by atoms with van der Waals surface area (Å²) in [5.74, 6) is -0.0148. The molecule has 4 nitrogen and oxygen atoms in total. The van der Waals surface area contributed by atoms with Crippen LogP contribution in [0.2, 0.25) is 0 Å². The van der Waals surface area contributed by atoms with Crippen LogP contribution in [0.1, 0.15) is 50.2 Å². The molecule has 4 rings (SSSR count). The van der Waals surface area contributed by atoms with Crippen LogP contribution in [0.5, 0.6) is 0 Å². The minimum absolute atomic E-state index is 0.0155. The Morgan fingerprint density at radius 2 is 1.77 bits per heavy atom. The number of aliphatic hydroxyl groups excluding tert-OH is 1. The lowest BCUT2D eigenvalue weighted by molar-refractivity contribution is -0.125. The van der Waals surface area contributed by atoms with Crippen LogP contribution in [0.3, 0.4) is 0 Å². The molecule has 1 N–H and O–H groups in total. The third-order valence-electron chi connectivity index (χ3n) is 7.25. The Morgan fingerprint density at radius 1 is 1.10 bits per heavy atom. The number of nitrogens with zero attached hydrogens (tertiary/aromatic N) is 1. The molecule has 166 valence electrons. The third-order valence-corrected chi connectivity index (χ3v) is 7.25. The predicted octanol–water partition coefficient (Wildman–Crippen LogP) is 4.25. The Morgan fingerprint density at radius 3 is 2.39 bits per heavy atom. The Labute approximate surface area is 184 Å². The van der Waals surface area contributed by atoms with Crippen molar-refractivity contribution in [3.63, 3.8) is 0 Å². The number of piperidine rings is 1. The predicted molar refractivity (Wildman–Crippen MR) is 118 cm³/mol. The summed E-state index contributed by atoms with van der Waals surface area (Å²) in [6.07, 6.45) is 3.55. The smallest absolute Gasteiger partial charge is 0.140 e. The first-order valence-electron chi connectivity index (χ1n) is 11.3. The number of carbonyl (C=O) groups excluding carboxylic acids is 1. The van der Waals surface area contributed by atoms with Crippen LogP contribution in [-0.4, -0.2) is 47.1 Å². The van der Waals surface area contributed by atoms with Crippen LogP contribution in [0.4, 0.5) is 4.39 Å². The van der Waals surface area contributed by atoms with E-state index >= 15 is 0 Å². The maximum Gasteiger partial charge on any atom is 0.140 e. The molecular weight excluding hydrogens is 393 g/mol. The highest BCUT2D eigenvalue weighted by atomic mass is 19.1. The van der Waals surface area contributed by atoms with Crippen molar-refractivity contribution in [1.29, 1.82) is 0 Å². The van der Waals surface area contributed by atoms with Crippen LogP contribution < -0.4 is 0 Å². The van der Waals surface area contributed by atoms with Crippen LogP contribution in [-0.2, 0) is 21.6 Å². The van der Waals surface area contributed by atoms with Gasteiger partial charge in [-0.15, -0.1) is 0 Å². The molecule has 0 amide bonds. The molecule has 0 spiro atoms. The molecule has 1 saturated heterocycles. The van der Waals surface area contributed by atoms with Gasteiger partial charge in [-0.3, -0.25) is 9.69 Å². The Hall–Kier alpha value is -2.08. The Bertz CT molecular complexity index is 862. The number of rotatable bonds is 6. The number of ether oxygens (including phenoxy) is 1. The highest BCUT2D eigenvalue weighted by molar-refractivity contribution is 5.88. The molecule has 1 aliphatic carbocycles. The number of halogens is 1. The van der Waals surface area contributed by atoms with E-state index < -0.39 is 11.5 Å². The lowest BCUT2D eigenvalue weighted by atomic mass is 9.69. The van der Waals surface area contributed by atoms with Gasteiger partial charge in [0.2, 0.25) is 0 Å². The van der Waals surface area contributed by atoms with E-state index in [0.29, 0.717) is 13.0 Å². The lowest BCUT2D eigenvalue weighted by Gasteiger charge is -2.46.